The van der Waals surface area contributed by atoms with Crippen LogP contribution in [0, 0.1) is 27.7 Å². The molecule has 0 saturated carbocycles. The second-order valence-corrected chi connectivity index (χ2v) is 5.02. The minimum absolute atomic E-state index is 0.499. The molecule has 1 aromatic heterocycles. The van der Waals surface area contributed by atoms with Gasteiger partial charge >= 0.3 is 0 Å². The van der Waals surface area contributed by atoms with E-state index in [0.29, 0.717) is 17.2 Å². The first kappa shape index (κ1) is 13.2. The molecule has 4 nitrogen and oxygen atoms in total. The van der Waals surface area contributed by atoms with E-state index in [0.717, 1.165) is 22.4 Å². The van der Waals surface area contributed by atoms with Crippen LogP contribution in [0.2, 0.25) is 0 Å². The van der Waals surface area contributed by atoms with E-state index in [4.69, 9.17) is 11.5 Å². The van der Waals surface area contributed by atoms with Crippen molar-refractivity contribution >= 4 is 22.9 Å². The standard InChI is InChI=1S/C15H20N4/c1-8-5-9(2)14(10(3)6-8)19-15-13(17)12(16)11(4)7-18-15/h5-7H,17H2,1-4H3,(H3,16,18,19). The van der Waals surface area contributed by atoms with Crippen molar-refractivity contribution in [3.8, 4) is 0 Å². The van der Waals surface area contributed by atoms with E-state index in [-0.39, 0.29) is 0 Å². The van der Waals surface area contributed by atoms with Gasteiger partial charge in [0, 0.05) is 11.9 Å². The Morgan fingerprint density at radius 3 is 2.05 bits per heavy atom. The van der Waals surface area contributed by atoms with Crippen LogP contribution in [0.15, 0.2) is 18.3 Å². The molecule has 4 heteroatoms. The van der Waals surface area contributed by atoms with Crippen molar-refractivity contribution in [1.82, 2.24) is 4.98 Å². The smallest absolute Gasteiger partial charge is 0.155 e. The number of pyridine rings is 1. The Labute approximate surface area is 113 Å². The molecule has 0 radical (unpaired) electrons. The molecule has 0 saturated heterocycles. The summed E-state index contributed by atoms with van der Waals surface area (Å²) in [4.78, 5) is 4.32. The van der Waals surface area contributed by atoms with Gasteiger partial charge < -0.3 is 16.8 Å². The molecule has 0 aliphatic rings. The molecule has 0 atom stereocenters. The molecule has 0 fully saturated rings. The highest BCUT2D eigenvalue weighted by Crippen LogP contribution is 2.31. The van der Waals surface area contributed by atoms with Gasteiger partial charge in [0.1, 0.15) is 0 Å². The zero-order valence-corrected chi connectivity index (χ0v) is 11.8. The van der Waals surface area contributed by atoms with Gasteiger partial charge in [-0.25, -0.2) is 4.98 Å². The van der Waals surface area contributed by atoms with E-state index in [1.54, 1.807) is 6.20 Å². The van der Waals surface area contributed by atoms with Gasteiger partial charge in [-0.15, -0.1) is 0 Å². The summed E-state index contributed by atoms with van der Waals surface area (Å²) in [7, 11) is 0. The maximum absolute atomic E-state index is 6.01. The quantitative estimate of drug-likeness (QED) is 0.771. The highest BCUT2D eigenvalue weighted by molar-refractivity contribution is 5.81. The van der Waals surface area contributed by atoms with Crippen LogP contribution in [-0.4, -0.2) is 4.98 Å². The Morgan fingerprint density at radius 2 is 1.47 bits per heavy atom. The molecule has 19 heavy (non-hydrogen) atoms. The number of nitrogens with two attached hydrogens (primary N) is 2. The number of nitrogen functional groups attached to an aromatic ring is 2. The van der Waals surface area contributed by atoms with Gasteiger partial charge in [0.25, 0.3) is 0 Å². The monoisotopic (exact) mass is 256 g/mol. The Bertz CT molecular complexity index is 609. The van der Waals surface area contributed by atoms with Crippen molar-refractivity contribution < 1.29 is 0 Å². The number of aryl methyl sites for hydroxylation is 4. The Balaban J connectivity index is 2.45. The van der Waals surface area contributed by atoms with Gasteiger partial charge in [0.15, 0.2) is 5.82 Å². The predicted molar refractivity (Wildman–Crippen MR) is 81.7 cm³/mol. The van der Waals surface area contributed by atoms with E-state index in [1.165, 1.54) is 5.56 Å². The average Bonchev–Trinajstić information content (AvgIpc) is 2.33. The molecule has 2 aromatic rings. The second-order valence-electron chi connectivity index (χ2n) is 5.02. The van der Waals surface area contributed by atoms with E-state index in [2.05, 4.69) is 43.2 Å². The number of aromatic nitrogens is 1. The van der Waals surface area contributed by atoms with Gasteiger partial charge in [0.2, 0.25) is 0 Å². The fourth-order valence-electron chi connectivity index (χ4n) is 2.24. The Hall–Kier alpha value is -2.23. The SMILES string of the molecule is Cc1cc(C)c(Nc2ncc(C)c(N)c2N)c(C)c1. The second kappa shape index (κ2) is 4.80. The minimum Gasteiger partial charge on any atom is -0.397 e. The molecule has 5 N–H and O–H groups in total. The first-order valence-corrected chi connectivity index (χ1v) is 6.25. The van der Waals surface area contributed by atoms with Gasteiger partial charge in [-0.2, -0.15) is 0 Å². The number of nitrogens with zero attached hydrogens (tertiary/aromatic N) is 1. The normalized spacial score (nSPS) is 10.5. The van der Waals surface area contributed by atoms with Crippen molar-refractivity contribution in [2.75, 3.05) is 16.8 Å². The summed E-state index contributed by atoms with van der Waals surface area (Å²) in [6, 6.07) is 4.26. The molecule has 1 aromatic carbocycles. The van der Waals surface area contributed by atoms with Gasteiger partial charge in [-0.05, 0) is 44.4 Å². The molecule has 0 spiro atoms. The maximum atomic E-state index is 6.01. The number of anilines is 4. The number of nitrogens with one attached hydrogen (secondary N) is 1. The van der Waals surface area contributed by atoms with Crippen LogP contribution in [0.1, 0.15) is 22.3 Å². The number of hydrogen-bond donors (Lipinski definition) is 3. The minimum atomic E-state index is 0.499. The summed E-state index contributed by atoms with van der Waals surface area (Å²) in [5.74, 6) is 0.609. The van der Waals surface area contributed by atoms with E-state index in [1.807, 2.05) is 6.92 Å². The fourth-order valence-corrected chi connectivity index (χ4v) is 2.24. The zero-order chi connectivity index (χ0) is 14.2. The number of benzene rings is 1. The Morgan fingerprint density at radius 1 is 0.895 bits per heavy atom. The highest BCUT2D eigenvalue weighted by Gasteiger charge is 2.10. The highest BCUT2D eigenvalue weighted by atomic mass is 15.0. The third kappa shape index (κ3) is 2.47. The van der Waals surface area contributed by atoms with Crippen LogP contribution in [-0.2, 0) is 0 Å². The van der Waals surface area contributed by atoms with Crippen molar-refractivity contribution in [3.63, 3.8) is 0 Å². The van der Waals surface area contributed by atoms with Crippen molar-refractivity contribution in [3.05, 3.63) is 40.6 Å². The number of hydrogen-bond acceptors (Lipinski definition) is 4. The Kier molecular flexibility index (Phi) is 3.34. The van der Waals surface area contributed by atoms with Gasteiger partial charge in [0.05, 0.1) is 11.4 Å². The molecule has 0 bridgehead atoms. The van der Waals surface area contributed by atoms with Gasteiger partial charge in [-0.1, -0.05) is 17.7 Å². The van der Waals surface area contributed by atoms with Crippen LogP contribution in [0.25, 0.3) is 0 Å². The molecule has 1 heterocycles. The van der Waals surface area contributed by atoms with Crippen LogP contribution >= 0.6 is 0 Å². The van der Waals surface area contributed by atoms with Crippen LogP contribution in [0.4, 0.5) is 22.9 Å². The van der Waals surface area contributed by atoms with Crippen molar-refractivity contribution in [2.45, 2.75) is 27.7 Å². The lowest BCUT2D eigenvalue weighted by molar-refractivity contribution is 1.24. The van der Waals surface area contributed by atoms with Crippen LogP contribution in [0.5, 0.6) is 0 Å². The lowest BCUT2D eigenvalue weighted by atomic mass is 10.0. The maximum Gasteiger partial charge on any atom is 0.155 e. The summed E-state index contributed by atoms with van der Waals surface area (Å²) in [5.41, 5.74) is 18.5. The molecule has 0 aliphatic carbocycles. The van der Waals surface area contributed by atoms with Crippen LogP contribution in [0.3, 0.4) is 0 Å². The van der Waals surface area contributed by atoms with Crippen LogP contribution < -0.4 is 16.8 Å². The molecule has 0 unspecified atom stereocenters. The molecule has 0 amide bonds. The zero-order valence-electron chi connectivity index (χ0n) is 11.8. The predicted octanol–water partition coefficient (Wildman–Crippen LogP) is 3.22. The topological polar surface area (TPSA) is 77.0 Å². The van der Waals surface area contributed by atoms with Crippen molar-refractivity contribution in [2.24, 2.45) is 0 Å². The first-order valence-electron chi connectivity index (χ1n) is 6.25. The lowest BCUT2D eigenvalue weighted by Gasteiger charge is -2.16. The third-order valence-electron chi connectivity index (χ3n) is 3.28. The third-order valence-corrected chi connectivity index (χ3v) is 3.28. The molecule has 2 rings (SSSR count). The summed E-state index contributed by atoms with van der Waals surface area (Å²) >= 11 is 0. The van der Waals surface area contributed by atoms with E-state index < -0.39 is 0 Å². The van der Waals surface area contributed by atoms with Crippen molar-refractivity contribution in [1.29, 1.82) is 0 Å². The molecular formula is C15H20N4. The molecule has 100 valence electrons. The lowest BCUT2D eigenvalue weighted by Crippen LogP contribution is -2.06. The van der Waals surface area contributed by atoms with E-state index in [9.17, 15) is 0 Å². The largest absolute Gasteiger partial charge is 0.397 e. The van der Waals surface area contributed by atoms with E-state index >= 15 is 0 Å². The molecule has 0 aliphatic heterocycles. The number of rotatable bonds is 2. The summed E-state index contributed by atoms with van der Waals surface area (Å²) in [6.45, 7) is 8.11. The summed E-state index contributed by atoms with van der Waals surface area (Å²) in [5, 5.41) is 3.29. The average molecular weight is 256 g/mol. The van der Waals surface area contributed by atoms with Gasteiger partial charge in [-0.3, -0.25) is 0 Å². The summed E-state index contributed by atoms with van der Waals surface area (Å²) in [6.07, 6.45) is 1.73. The fraction of sp³-hybridized carbons (Fsp3) is 0.267. The molecular weight excluding hydrogens is 236 g/mol. The first-order chi connectivity index (χ1) is 8.90. The summed E-state index contributed by atoms with van der Waals surface area (Å²) < 4.78 is 0.